The van der Waals surface area contributed by atoms with E-state index in [0.29, 0.717) is 5.92 Å². The molecule has 4 aliphatic carbocycles. The Labute approximate surface area is 759 Å². The number of hydrogen-bond acceptors (Lipinski definition) is 4. The molecule has 0 fully saturated rings. The zero-order valence-electron chi connectivity index (χ0n) is 83.1. The van der Waals surface area contributed by atoms with Crippen molar-refractivity contribution < 1.29 is 20.4 Å². The molecular weight excluding hydrogens is 1510 g/mol. The van der Waals surface area contributed by atoms with Crippen LogP contribution >= 0.6 is 0 Å². The summed E-state index contributed by atoms with van der Waals surface area (Å²) in [5.41, 5.74) is 29.3. The van der Waals surface area contributed by atoms with Gasteiger partial charge in [0.05, 0.1) is 24.4 Å². The fourth-order valence-electron chi connectivity index (χ4n) is 15.7. The van der Waals surface area contributed by atoms with Crippen molar-refractivity contribution in [1.82, 2.24) is 0 Å². The molecule has 672 valence electrons. The maximum absolute atomic E-state index is 10.1. The highest BCUT2D eigenvalue weighted by Crippen LogP contribution is 2.45. The van der Waals surface area contributed by atoms with E-state index in [4.69, 9.17) is 0 Å². The molecule has 4 nitrogen and oxygen atoms in total. The van der Waals surface area contributed by atoms with Gasteiger partial charge >= 0.3 is 0 Å². The predicted molar refractivity (Wildman–Crippen MR) is 554 cm³/mol. The van der Waals surface area contributed by atoms with Gasteiger partial charge in [0.1, 0.15) is 0 Å². The van der Waals surface area contributed by atoms with E-state index in [0.717, 1.165) is 70.6 Å². The molecule has 4 N–H and O–H groups in total. The standard InChI is InChI=1S/2C40H56O2.C40H56/c2*1-29(17-13-19-31(3)21-23-37-33(5)25-35(41)27-39(37,7)8)15-11-12-16-30(2)18-14-20-32(4)22-24-38-34(6)26-36(42)28-40(38,9)10;1-33(2)19-13-23-37(7)27-17-31-39(9)29-15-25-35(5)21-11-12-22-36(6)26-16-30-40(10)32-18-28-38(8)24-14-20-34(3)4/h11-24,35-36,41-42H,25-28H2,1-10H3;11-25,35-37,41-42H,26-28H2,1-10H3;11-12,15-22,25-32H,13-14,23-24H2,1-10H3/b2*12-11+,17-13+,18-14+,23-21+,24-22+,29-15+,30-16+,31-19+,32-20+;12-11+,25-15+,26-16+,31-17+,32-18+,35-21+,36-22+,37-27+,38-28+,39-29+,40-30+/t35-,36-;35-,36+,37-;/m10./s1. The quantitative estimate of drug-likeness (QED) is 0.0372. The van der Waals surface area contributed by atoms with Crippen molar-refractivity contribution in [2.75, 3.05) is 0 Å². The van der Waals surface area contributed by atoms with Crippen LogP contribution in [-0.4, -0.2) is 44.8 Å². The van der Waals surface area contributed by atoms with Crippen molar-refractivity contribution in [1.29, 1.82) is 0 Å². The highest BCUT2D eigenvalue weighted by atomic mass is 16.3. The lowest BCUT2D eigenvalue weighted by atomic mass is 9.67. The maximum Gasteiger partial charge on any atom is 0.0729 e. The van der Waals surface area contributed by atoms with Crippen LogP contribution in [0.5, 0.6) is 0 Å². The third-order valence-corrected chi connectivity index (χ3v) is 22.5. The van der Waals surface area contributed by atoms with Crippen molar-refractivity contribution in [3.8, 4) is 0 Å². The molecule has 4 rings (SSSR count). The van der Waals surface area contributed by atoms with E-state index in [9.17, 15) is 20.4 Å². The second-order valence-corrected chi connectivity index (χ2v) is 38.5. The van der Waals surface area contributed by atoms with Crippen molar-refractivity contribution in [2.45, 2.75) is 303 Å². The van der Waals surface area contributed by atoms with Crippen LogP contribution in [0.15, 0.2) is 414 Å². The molecule has 124 heavy (non-hydrogen) atoms. The average Bonchev–Trinajstić information content (AvgIpc) is 0.824. The van der Waals surface area contributed by atoms with Crippen LogP contribution in [0.1, 0.15) is 278 Å². The van der Waals surface area contributed by atoms with Gasteiger partial charge in [0.15, 0.2) is 0 Å². The molecule has 0 aliphatic heterocycles. The fraction of sp³-hybridized carbons (Fsp3) is 0.417. The lowest BCUT2D eigenvalue weighted by Gasteiger charge is -2.38. The van der Waals surface area contributed by atoms with Crippen LogP contribution in [0, 0.1) is 27.6 Å². The summed E-state index contributed by atoms with van der Waals surface area (Å²) >= 11 is 0. The highest BCUT2D eigenvalue weighted by Gasteiger charge is 2.36. The number of aliphatic hydroxyl groups excluding tert-OH is 4. The Morgan fingerprint density at radius 3 is 0.734 bits per heavy atom. The SMILES string of the molecule is CC(C)=CCC/C(C)=C/C=C/C(C)=C/C=C/C(C)=C/C=C/C=C(C)/C=C/C=C(C)/C=C/C=C(\C)CCC=C(C)C.CC1=C(/C=C/C(C)=C/C=C/C(C)=C/C=C/C=C(C)/C=C/C=C(C)/C=C/C2=C(C)C[C@@H](O)CC2(C)C)C(C)(C)C[C@H](O)C1.CC1=C[C@H](O)CC(C)(C)[C@H]1/C=C/C(C)=C/C=C/C(C)=C/C=C/C=C(C)/C=C/C=C(C)/C=C/C1=C(C)C[C@@H](O)CC1(C)C. The van der Waals surface area contributed by atoms with E-state index in [1.807, 2.05) is 6.08 Å². The molecule has 0 saturated heterocycles. The van der Waals surface area contributed by atoms with Crippen LogP contribution < -0.4 is 0 Å². The second-order valence-electron chi connectivity index (χ2n) is 38.5. The fourth-order valence-corrected chi connectivity index (χ4v) is 15.7. The Bertz CT molecular complexity index is 4440. The monoisotopic (exact) mass is 1670 g/mol. The van der Waals surface area contributed by atoms with Crippen molar-refractivity contribution >= 4 is 0 Å². The van der Waals surface area contributed by atoms with Crippen LogP contribution in [0.25, 0.3) is 0 Å². The molecule has 0 saturated carbocycles. The molecule has 0 radical (unpaired) electrons. The van der Waals surface area contributed by atoms with Gasteiger partial charge in [-0.15, -0.1) is 0 Å². The second kappa shape index (κ2) is 58.8. The number of allylic oxidation sites excluding steroid dienone is 66. The summed E-state index contributed by atoms with van der Waals surface area (Å²) in [7, 11) is 0. The van der Waals surface area contributed by atoms with Crippen molar-refractivity contribution in [3.05, 3.63) is 414 Å². The van der Waals surface area contributed by atoms with Gasteiger partial charge in [-0.3, -0.25) is 0 Å². The van der Waals surface area contributed by atoms with E-state index in [1.165, 1.54) is 128 Å². The van der Waals surface area contributed by atoms with E-state index < -0.39 is 0 Å². The molecule has 0 heterocycles. The largest absolute Gasteiger partial charge is 0.393 e. The molecule has 5 atom stereocenters. The van der Waals surface area contributed by atoms with Gasteiger partial charge in [0, 0.05) is 5.92 Å². The molecule has 0 aromatic heterocycles. The first-order valence-electron chi connectivity index (χ1n) is 45.5. The van der Waals surface area contributed by atoms with Crippen LogP contribution in [0.3, 0.4) is 0 Å². The Balaban J connectivity index is 0.000000630. The minimum absolute atomic E-state index is 0.00528. The van der Waals surface area contributed by atoms with Crippen LogP contribution in [0.2, 0.25) is 0 Å². The Morgan fingerprint density at radius 1 is 0.290 bits per heavy atom. The van der Waals surface area contributed by atoms with Gasteiger partial charge in [-0.2, -0.15) is 0 Å². The van der Waals surface area contributed by atoms with Gasteiger partial charge in [0.25, 0.3) is 0 Å². The van der Waals surface area contributed by atoms with Crippen LogP contribution in [-0.2, 0) is 0 Å². The normalized spacial score (nSPS) is 22.3. The Hall–Kier alpha value is -9.26. The summed E-state index contributed by atoms with van der Waals surface area (Å²) in [4.78, 5) is 0. The Morgan fingerprint density at radius 2 is 0.508 bits per heavy atom. The molecular formula is C120H168O4. The van der Waals surface area contributed by atoms with Crippen LogP contribution in [0.4, 0.5) is 0 Å². The first kappa shape index (κ1) is 111. The Kier molecular flexibility index (Phi) is 52.6. The molecule has 0 spiro atoms. The summed E-state index contributed by atoms with van der Waals surface area (Å²) in [5, 5.41) is 40.4. The van der Waals surface area contributed by atoms with Gasteiger partial charge in [-0.1, -0.05) is 452 Å². The van der Waals surface area contributed by atoms with E-state index in [1.54, 1.807) is 0 Å². The molecule has 0 aromatic carbocycles. The zero-order valence-corrected chi connectivity index (χ0v) is 83.1. The highest BCUT2D eigenvalue weighted by molar-refractivity contribution is 5.43. The zero-order chi connectivity index (χ0) is 93.2. The summed E-state index contributed by atoms with van der Waals surface area (Å²) in [6.45, 7) is 64.7. The number of rotatable bonds is 36. The average molecular weight is 1670 g/mol. The summed E-state index contributed by atoms with van der Waals surface area (Å²) in [6, 6.07) is 0. The third-order valence-electron chi connectivity index (χ3n) is 22.5. The molecule has 4 heteroatoms. The lowest BCUT2D eigenvalue weighted by molar-refractivity contribution is 0.116. The van der Waals surface area contributed by atoms with Crippen molar-refractivity contribution in [2.24, 2.45) is 27.6 Å². The maximum atomic E-state index is 10.1. The van der Waals surface area contributed by atoms with E-state index in [2.05, 4.69) is 487 Å². The van der Waals surface area contributed by atoms with Gasteiger partial charge in [-0.25, -0.2) is 0 Å². The van der Waals surface area contributed by atoms with E-state index in [-0.39, 0.29) is 46.1 Å². The number of hydrogen-bond donors (Lipinski definition) is 4. The molecule has 0 aromatic rings. The smallest absolute Gasteiger partial charge is 0.0729 e. The minimum Gasteiger partial charge on any atom is -0.393 e. The first-order chi connectivity index (χ1) is 58.2. The molecule has 0 bridgehead atoms. The lowest BCUT2D eigenvalue weighted by Crippen LogP contribution is -2.32. The molecule has 0 unspecified atom stereocenters. The van der Waals surface area contributed by atoms with E-state index >= 15 is 0 Å². The molecule has 4 aliphatic rings. The van der Waals surface area contributed by atoms with Gasteiger partial charge in [-0.05, 0) is 261 Å². The predicted octanol–water partition coefficient (Wildman–Crippen LogP) is 33.9. The summed E-state index contributed by atoms with van der Waals surface area (Å²) < 4.78 is 0. The molecule has 0 amide bonds. The summed E-state index contributed by atoms with van der Waals surface area (Å²) in [5.74, 6) is 0.348. The summed E-state index contributed by atoms with van der Waals surface area (Å²) in [6.07, 6.45) is 110. The topological polar surface area (TPSA) is 80.9 Å². The van der Waals surface area contributed by atoms with Crippen molar-refractivity contribution in [3.63, 3.8) is 0 Å². The number of aliphatic hydroxyl groups is 4. The third kappa shape index (κ3) is 50.0. The van der Waals surface area contributed by atoms with Gasteiger partial charge < -0.3 is 20.4 Å². The first-order valence-corrected chi connectivity index (χ1v) is 45.5. The van der Waals surface area contributed by atoms with Gasteiger partial charge in [0.2, 0.25) is 0 Å². The minimum atomic E-state index is -0.331.